The third-order valence-electron chi connectivity index (χ3n) is 0.956. The molecule has 0 aliphatic heterocycles. The molecule has 15 heavy (non-hydrogen) atoms. The first kappa shape index (κ1) is 20.3. The molecular formula is C12H30O3. The Morgan fingerprint density at radius 2 is 1.20 bits per heavy atom. The number of rotatable bonds is 2. The highest BCUT2D eigenvalue weighted by Gasteiger charge is 1.97. The van der Waals surface area contributed by atoms with Gasteiger partial charge in [-0.25, -0.2) is 0 Å². The van der Waals surface area contributed by atoms with Crippen LogP contribution in [0.25, 0.3) is 0 Å². The second kappa shape index (κ2) is 12.0. The lowest BCUT2D eigenvalue weighted by atomic mass is 10.2. The van der Waals surface area contributed by atoms with Crippen LogP contribution in [-0.2, 0) is 0 Å². The molecule has 0 amide bonds. The number of aliphatic hydroxyl groups is 3. The van der Waals surface area contributed by atoms with Crippen LogP contribution in [0.4, 0.5) is 0 Å². The Balaban J connectivity index is -0.000000144. The van der Waals surface area contributed by atoms with Crippen molar-refractivity contribution in [2.45, 2.75) is 66.6 Å². The molecule has 0 saturated carbocycles. The fourth-order valence-electron chi connectivity index (χ4n) is 0. The molecule has 0 aromatic rings. The van der Waals surface area contributed by atoms with Crippen molar-refractivity contribution in [3.63, 3.8) is 0 Å². The summed E-state index contributed by atoms with van der Waals surface area (Å²) in [6.45, 7) is 13.2. The maximum atomic E-state index is 8.52. The van der Waals surface area contributed by atoms with Gasteiger partial charge in [0.25, 0.3) is 0 Å². The zero-order valence-electron chi connectivity index (χ0n) is 11.4. The molecular weight excluding hydrogens is 192 g/mol. The molecule has 0 aliphatic carbocycles. The average molecular weight is 222 g/mol. The molecule has 0 aliphatic rings. The summed E-state index contributed by atoms with van der Waals surface area (Å²) in [5.74, 6) is 0.440. The van der Waals surface area contributed by atoms with Crippen molar-refractivity contribution in [2.75, 3.05) is 6.61 Å². The molecule has 0 radical (unpaired) electrons. The predicted molar refractivity (Wildman–Crippen MR) is 65.9 cm³/mol. The van der Waals surface area contributed by atoms with Crippen LogP contribution in [0.3, 0.4) is 0 Å². The Kier molecular flexibility index (Phi) is 16.2. The summed E-state index contributed by atoms with van der Waals surface area (Å²) in [4.78, 5) is 0. The van der Waals surface area contributed by atoms with Crippen molar-refractivity contribution in [2.24, 2.45) is 5.92 Å². The molecule has 1 unspecified atom stereocenters. The molecule has 0 heterocycles. The number of aliphatic hydroxyl groups excluding tert-OH is 2. The molecule has 0 aromatic heterocycles. The first-order valence-electron chi connectivity index (χ1n) is 5.55. The third kappa shape index (κ3) is 130. The van der Waals surface area contributed by atoms with Gasteiger partial charge in [0.1, 0.15) is 0 Å². The fraction of sp³-hybridized carbons (Fsp3) is 1.00. The van der Waals surface area contributed by atoms with Gasteiger partial charge in [0.15, 0.2) is 0 Å². The zero-order valence-corrected chi connectivity index (χ0v) is 11.4. The van der Waals surface area contributed by atoms with E-state index in [1.54, 1.807) is 27.7 Å². The van der Waals surface area contributed by atoms with E-state index >= 15 is 0 Å². The molecule has 3 N–H and O–H groups in total. The highest BCUT2D eigenvalue weighted by molar-refractivity contribution is 4.50. The standard InChI is InChI=1S/3C4H10O/c1-4(2,3)5;1-4(2)3-5;1-3-4(2)5/h5H,1-3H3;2*4-5H,3H2,1-2H3. The molecule has 0 bridgehead atoms. The Bertz CT molecular complexity index is 89.9. The van der Waals surface area contributed by atoms with Crippen molar-refractivity contribution < 1.29 is 15.3 Å². The largest absolute Gasteiger partial charge is 0.396 e. The van der Waals surface area contributed by atoms with Gasteiger partial charge in [-0.15, -0.1) is 0 Å². The monoisotopic (exact) mass is 222 g/mol. The summed E-state index contributed by atoms with van der Waals surface area (Å²) < 4.78 is 0. The molecule has 0 saturated heterocycles. The van der Waals surface area contributed by atoms with Crippen molar-refractivity contribution in [1.29, 1.82) is 0 Å². The van der Waals surface area contributed by atoms with Crippen LogP contribution in [0.15, 0.2) is 0 Å². The van der Waals surface area contributed by atoms with Crippen molar-refractivity contribution >= 4 is 0 Å². The van der Waals surface area contributed by atoms with Gasteiger partial charge in [-0.2, -0.15) is 0 Å². The van der Waals surface area contributed by atoms with E-state index in [4.69, 9.17) is 15.3 Å². The normalized spacial score (nSPS) is 12.2. The van der Waals surface area contributed by atoms with E-state index in [1.165, 1.54) is 0 Å². The minimum absolute atomic E-state index is 0.116. The Hall–Kier alpha value is -0.120. The first-order chi connectivity index (χ1) is 6.54. The van der Waals surface area contributed by atoms with E-state index in [0.29, 0.717) is 12.5 Å². The molecule has 0 rings (SSSR count). The molecule has 0 aromatic carbocycles. The molecule has 3 nitrogen and oxygen atoms in total. The Labute approximate surface area is 95.1 Å². The zero-order chi connectivity index (χ0) is 13.1. The maximum absolute atomic E-state index is 8.52. The fourth-order valence-corrected chi connectivity index (χ4v) is 0. The van der Waals surface area contributed by atoms with Crippen LogP contribution in [0.5, 0.6) is 0 Å². The lowest BCUT2D eigenvalue weighted by Crippen LogP contribution is -2.10. The SMILES string of the molecule is CC(C)(C)O.CC(C)CO.CCC(C)O. The van der Waals surface area contributed by atoms with Gasteiger partial charge in [-0.1, -0.05) is 20.8 Å². The van der Waals surface area contributed by atoms with E-state index < -0.39 is 5.60 Å². The first-order valence-corrected chi connectivity index (χ1v) is 5.55. The van der Waals surface area contributed by atoms with Gasteiger partial charge >= 0.3 is 0 Å². The predicted octanol–water partition coefficient (Wildman–Crippen LogP) is 2.19. The Morgan fingerprint density at radius 1 is 1.07 bits per heavy atom. The van der Waals surface area contributed by atoms with Crippen LogP contribution < -0.4 is 0 Å². The summed E-state index contributed by atoms with van der Waals surface area (Å²) in [5.41, 5.74) is -0.500. The minimum atomic E-state index is -0.500. The second-order valence-corrected chi connectivity index (χ2v) is 5.00. The topological polar surface area (TPSA) is 60.7 Å². The van der Waals surface area contributed by atoms with Crippen LogP contribution in [0.2, 0.25) is 0 Å². The van der Waals surface area contributed by atoms with Gasteiger partial charge in [0, 0.05) is 6.61 Å². The quantitative estimate of drug-likeness (QED) is 0.671. The summed E-state index contributed by atoms with van der Waals surface area (Å²) in [7, 11) is 0. The lowest BCUT2D eigenvalue weighted by Gasteiger charge is -2.04. The number of hydrogen-bond acceptors (Lipinski definition) is 3. The van der Waals surface area contributed by atoms with E-state index in [2.05, 4.69) is 0 Å². The van der Waals surface area contributed by atoms with Crippen LogP contribution in [-0.4, -0.2) is 33.6 Å². The smallest absolute Gasteiger partial charge is 0.0563 e. The molecule has 1 atom stereocenters. The van der Waals surface area contributed by atoms with E-state index in [-0.39, 0.29) is 6.10 Å². The van der Waals surface area contributed by atoms with E-state index in [1.807, 2.05) is 20.8 Å². The van der Waals surface area contributed by atoms with Gasteiger partial charge in [0.2, 0.25) is 0 Å². The summed E-state index contributed by atoms with van der Waals surface area (Å²) in [5, 5.41) is 25.0. The van der Waals surface area contributed by atoms with Gasteiger partial charge in [-0.05, 0) is 40.0 Å². The summed E-state index contributed by atoms with van der Waals surface area (Å²) in [6.07, 6.45) is 0.745. The highest BCUT2D eigenvalue weighted by atomic mass is 16.3. The van der Waals surface area contributed by atoms with Crippen molar-refractivity contribution in [3.8, 4) is 0 Å². The Morgan fingerprint density at radius 3 is 1.20 bits per heavy atom. The summed E-state index contributed by atoms with van der Waals surface area (Å²) in [6, 6.07) is 0. The molecule has 96 valence electrons. The van der Waals surface area contributed by atoms with Gasteiger partial charge < -0.3 is 15.3 Å². The molecule has 0 spiro atoms. The van der Waals surface area contributed by atoms with Crippen LogP contribution in [0.1, 0.15) is 54.9 Å². The lowest BCUT2D eigenvalue weighted by molar-refractivity contribution is 0.102. The van der Waals surface area contributed by atoms with Gasteiger partial charge in [-0.3, -0.25) is 0 Å². The van der Waals surface area contributed by atoms with Crippen molar-refractivity contribution in [3.05, 3.63) is 0 Å². The highest BCUT2D eigenvalue weighted by Crippen LogP contribution is 1.93. The van der Waals surface area contributed by atoms with E-state index in [9.17, 15) is 0 Å². The van der Waals surface area contributed by atoms with E-state index in [0.717, 1.165) is 6.42 Å². The number of hydrogen-bond donors (Lipinski definition) is 3. The molecule has 3 heteroatoms. The van der Waals surface area contributed by atoms with Gasteiger partial charge in [0.05, 0.1) is 11.7 Å². The molecule has 0 fully saturated rings. The second-order valence-electron chi connectivity index (χ2n) is 5.00. The summed E-state index contributed by atoms with van der Waals surface area (Å²) >= 11 is 0. The third-order valence-corrected chi connectivity index (χ3v) is 0.956. The van der Waals surface area contributed by atoms with Crippen LogP contribution >= 0.6 is 0 Å². The average Bonchev–Trinajstić information content (AvgIpc) is 2.02. The van der Waals surface area contributed by atoms with Crippen molar-refractivity contribution in [1.82, 2.24) is 0 Å². The van der Waals surface area contributed by atoms with Crippen LogP contribution in [0, 0.1) is 5.92 Å². The minimum Gasteiger partial charge on any atom is -0.396 e. The maximum Gasteiger partial charge on any atom is 0.0563 e.